The highest BCUT2D eigenvalue weighted by molar-refractivity contribution is 7.99. The molecule has 1 aromatic heterocycles. The van der Waals surface area contributed by atoms with Crippen LogP contribution >= 0.6 is 11.8 Å². The molecule has 7 heteroatoms. The standard InChI is InChI=1S/C10H16N4O2S/c1-7-12-13-10(17-6-9(11)15)14(7)5-8-3-2-4-16-8/h8H,2-6H2,1H3,(H2,11,15)/t8-/m0/s1. The number of thioether (sulfide) groups is 1. The number of hydrogen-bond acceptors (Lipinski definition) is 5. The van der Waals surface area contributed by atoms with E-state index in [1.54, 1.807) is 0 Å². The summed E-state index contributed by atoms with van der Waals surface area (Å²) in [7, 11) is 0. The van der Waals surface area contributed by atoms with Gasteiger partial charge in [-0.3, -0.25) is 4.79 Å². The Balaban J connectivity index is 2.03. The van der Waals surface area contributed by atoms with Crippen molar-refractivity contribution >= 4 is 17.7 Å². The molecule has 1 fully saturated rings. The maximum Gasteiger partial charge on any atom is 0.227 e. The molecule has 2 heterocycles. The number of amides is 1. The Morgan fingerprint density at radius 3 is 3.12 bits per heavy atom. The first kappa shape index (κ1) is 12.4. The molecule has 0 unspecified atom stereocenters. The third-order valence-electron chi connectivity index (χ3n) is 2.66. The summed E-state index contributed by atoms with van der Waals surface area (Å²) in [6.45, 7) is 3.48. The maximum absolute atomic E-state index is 10.8. The Morgan fingerprint density at radius 1 is 1.65 bits per heavy atom. The summed E-state index contributed by atoms with van der Waals surface area (Å²) in [5.41, 5.74) is 5.12. The second-order valence-corrected chi connectivity index (χ2v) is 4.97. The van der Waals surface area contributed by atoms with Crippen LogP contribution in [-0.2, 0) is 16.1 Å². The minimum absolute atomic E-state index is 0.226. The molecule has 17 heavy (non-hydrogen) atoms. The van der Waals surface area contributed by atoms with Crippen LogP contribution in [0.5, 0.6) is 0 Å². The minimum Gasteiger partial charge on any atom is -0.376 e. The van der Waals surface area contributed by atoms with Crippen LogP contribution in [0.3, 0.4) is 0 Å². The number of aryl methyl sites for hydroxylation is 1. The molecule has 0 spiro atoms. The summed E-state index contributed by atoms with van der Waals surface area (Å²) in [5.74, 6) is 0.718. The number of ether oxygens (including phenoxy) is 1. The molecule has 1 saturated heterocycles. The summed E-state index contributed by atoms with van der Waals surface area (Å²) in [6, 6.07) is 0. The average Bonchev–Trinajstić information content (AvgIpc) is 2.89. The van der Waals surface area contributed by atoms with Gasteiger partial charge in [0.05, 0.1) is 18.4 Å². The third-order valence-corrected chi connectivity index (χ3v) is 3.64. The fraction of sp³-hybridized carbons (Fsp3) is 0.700. The van der Waals surface area contributed by atoms with Crippen LogP contribution in [0.4, 0.5) is 0 Å². The fourth-order valence-electron chi connectivity index (χ4n) is 1.81. The molecule has 0 aliphatic carbocycles. The molecule has 0 aromatic carbocycles. The molecule has 1 aliphatic heterocycles. The number of carbonyl (C=O) groups is 1. The molecule has 0 saturated carbocycles. The van der Waals surface area contributed by atoms with Crippen molar-refractivity contribution in [2.75, 3.05) is 12.4 Å². The Labute approximate surface area is 104 Å². The van der Waals surface area contributed by atoms with Crippen LogP contribution in [0.15, 0.2) is 5.16 Å². The van der Waals surface area contributed by atoms with Gasteiger partial charge in [0.2, 0.25) is 5.91 Å². The zero-order chi connectivity index (χ0) is 12.3. The second kappa shape index (κ2) is 5.50. The van der Waals surface area contributed by atoms with Crippen molar-refractivity contribution in [2.24, 2.45) is 5.73 Å². The summed E-state index contributed by atoms with van der Waals surface area (Å²) in [4.78, 5) is 10.8. The first-order valence-corrected chi connectivity index (χ1v) is 6.58. The van der Waals surface area contributed by atoms with Crippen LogP contribution < -0.4 is 5.73 Å². The summed E-state index contributed by atoms with van der Waals surface area (Å²) in [5, 5.41) is 8.80. The van der Waals surface area contributed by atoms with Gasteiger partial charge in [0, 0.05) is 6.61 Å². The van der Waals surface area contributed by atoms with E-state index in [1.807, 2.05) is 11.5 Å². The number of nitrogens with two attached hydrogens (primary N) is 1. The topological polar surface area (TPSA) is 83.0 Å². The van der Waals surface area contributed by atoms with Crippen molar-refractivity contribution in [1.29, 1.82) is 0 Å². The smallest absolute Gasteiger partial charge is 0.227 e. The van der Waals surface area contributed by atoms with Gasteiger partial charge in [-0.2, -0.15) is 0 Å². The van der Waals surface area contributed by atoms with E-state index in [2.05, 4.69) is 10.2 Å². The number of aromatic nitrogens is 3. The van der Waals surface area contributed by atoms with E-state index in [0.717, 1.165) is 37.0 Å². The Morgan fingerprint density at radius 2 is 2.47 bits per heavy atom. The first-order chi connectivity index (χ1) is 8.16. The van der Waals surface area contributed by atoms with Gasteiger partial charge in [0.1, 0.15) is 5.82 Å². The van der Waals surface area contributed by atoms with Crippen LogP contribution in [0.2, 0.25) is 0 Å². The number of primary amides is 1. The van der Waals surface area contributed by atoms with Gasteiger partial charge in [-0.05, 0) is 19.8 Å². The normalized spacial score (nSPS) is 19.7. The molecule has 1 amide bonds. The number of hydrogen-bond donors (Lipinski definition) is 1. The summed E-state index contributed by atoms with van der Waals surface area (Å²) in [6.07, 6.45) is 2.41. The highest BCUT2D eigenvalue weighted by atomic mass is 32.2. The highest BCUT2D eigenvalue weighted by Crippen LogP contribution is 2.20. The number of nitrogens with zero attached hydrogens (tertiary/aromatic N) is 3. The highest BCUT2D eigenvalue weighted by Gasteiger charge is 2.19. The Bertz CT molecular complexity index is 401. The summed E-state index contributed by atoms with van der Waals surface area (Å²) >= 11 is 1.32. The van der Waals surface area contributed by atoms with Gasteiger partial charge >= 0.3 is 0 Å². The van der Waals surface area contributed by atoms with Crippen LogP contribution in [0.25, 0.3) is 0 Å². The lowest BCUT2D eigenvalue weighted by molar-refractivity contribution is -0.115. The van der Waals surface area contributed by atoms with E-state index in [4.69, 9.17) is 10.5 Å². The van der Waals surface area contributed by atoms with Crippen molar-refractivity contribution in [3.8, 4) is 0 Å². The van der Waals surface area contributed by atoms with Gasteiger partial charge in [-0.15, -0.1) is 10.2 Å². The minimum atomic E-state index is -0.348. The molecule has 1 aliphatic rings. The first-order valence-electron chi connectivity index (χ1n) is 5.59. The van der Waals surface area contributed by atoms with E-state index in [1.165, 1.54) is 11.8 Å². The molecule has 94 valence electrons. The monoisotopic (exact) mass is 256 g/mol. The van der Waals surface area contributed by atoms with Crippen molar-refractivity contribution in [3.05, 3.63) is 5.82 Å². The molecule has 2 N–H and O–H groups in total. The van der Waals surface area contributed by atoms with E-state index in [0.29, 0.717) is 0 Å². The van der Waals surface area contributed by atoms with Gasteiger partial charge in [-0.25, -0.2) is 0 Å². The maximum atomic E-state index is 10.8. The van der Waals surface area contributed by atoms with Crippen LogP contribution in [0, 0.1) is 6.92 Å². The zero-order valence-electron chi connectivity index (χ0n) is 9.76. The average molecular weight is 256 g/mol. The quantitative estimate of drug-likeness (QED) is 0.768. The van der Waals surface area contributed by atoms with Crippen molar-refractivity contribution in [3.63, 3.8) is 0 Å². The van der Waals surface area contributed by atoms with E-state index in [9.17, 15) is 4.79 Å². The molecule has 0 bridgehead atoms. The third kappa shape index (κ3) is 3.19. The van der Waals surface area contributed by atoms with Gasteiger partial charge < -0.3 is 15.0 Å². The van der Waals surface area contributed by atoms with E-state index >= 15 is 0 Å². The molecule has 1 atom stereocenters. The largest absolute Gasteiger partial charge is 0.376 e. The number of rotatable bonds is 5. The van der Waals surface area contributed by atoms with Crippen molar-refractivity contribution < 1.29 is 9.53 Å². The van der Waals surface area contributed by atoms with Crippen molar-refractivity contribution in [2.45, 2.75) is 37.6 Å². The lowest BCUT2D eigenvalue weighted by Crippen LogP contribution is -2.18. The molecule has 6 nitrogen and oxygen atoms in total. The predicted octanol–water partition coefficient (Wildman–Crippen LogP) is 0.343. The molecule has 2 rings (SSSR count). The van der Waals surface area contributed by atoms with Crippen molar-refractivity contribution in [1.82, 2.24) is 14.8 Å². The van der Waals surface area contributed by atoms with Crippen LogP contribution in [-0.4, -0.2) is 39.1 Å². The Kier molecular flexibility index (Phi) is 4.01. The molecular formula is C10H16N4O2S. The van der Waals surface area contributed by atoms with E-state index < -0.39 is 0 Å². The second-order valence-electron chi connectivity index (χ2n) is 4.03. The van der Waals surface area contributed by atoms with Gasteiger partial charge in [-0.1, -0.05) is 11.8 Å². The Hall–Kier alpha value is -1.08. The SMILES string of the molecule is Cc1nnc(SCC(N)=O)n1C[C@@H]1CCCO1. The van der Waals surface area contributed by atoms with Gasteiger partial charge in [0.25, 0.3) is 0 Å². The molecular weight excluding hydrogens is 240 g/mol. The lowest BCUT2D eigenvalue weighted by atomic mass is 10.2. The predicted molar refractivity (Wildman–Crippen MR) is 63.7 cm³/mol. The summed E-state index contributed by atoms with van der Waals surface area (Å²) < 4.78 is 7.57. The number of carbonyl (C=O) groups excluding carboxylic acids is 1. The van der Waals surface area contributed by atoms with Gasteiger partial charge in [0.15, 0.2) is 5.16 Å². The zero-order valence-corrected chi connectivity index (χ0v) is 10.6. The molecule has 0 radical (unpaired) electrons. The fourth-order valence-corrected chi connectivity index (χ4v) is 2.54. The van der Waals surface area contributed by atoms with E-state index in [-0.39, 0.29) is 17.8 Å². The van der Waals surface area contributed by atoms with Crippen LogP contribution in [0.1, 0.15) is 18.7 Å². The lowest BCUT2D eigenvalue weighted by Gasteiger charge is -2.12. The molecule has 1 aromatic rings.